The van der Waals surface area contributed by atoms with E-state index in [4.69, 9.17) is 26.3 Å². The van der Waals surface area contributed by atoms with Crippen LogP contribution in [0.25, 0.3) is 22.4 Å². The molecule has 170 valence electrons. The number of aromatic nitrogens is 6. The molecule has 0 N–H and O–H groups in total. The van der Waals surface area contributed by atoms with Gasteiger partial charge in [0.2, 0.25) is 0 Å². The van der Waals surface area contributed by atoms with Crippen molar-refractivity contribution in [1.29, 1.82) is 0 Å². The normalized spacial score (nSPS) is 21.0. The van der Waals surface area contributed by atoms with E-state index in [-0.39, 0.29) is 18.1 Å². The molecule has 1 fully saturated rings. The fourth-order valence-electron chi connectivity index (χ4n) is 4.36. The zero-order valence-corrected chi connectivity index (χ0v) is 19.6. The highest BCUT2D eigenvalue weighted by Crippen LogP contribution is 2.40. The van der Waals surface area contributed by atoms with Gasteiger partial charge in [-0.2, -0.15) is 5.10 Å². The van der Waals surface area contributed by atoms with Crippen LogP contribution >= 0.6 is 11.6 Å². The third kappa shape index (κ3) is 4.20. The monoisotopic (exact) mass is 466 g/mol. The van der Waals surface area contributed by atoms with E-state index in [2.05, 4.69) is 15.1 Å². The molecule has 3 atom stereocenters. The van der Waals surface area contributed by atoms with Crippen LogP contribution in [-0.2, 0) is 11.8 Å². The van der Waals surface area contributed by atoms with Crippen LogP contribution in [0, 0.1) is 19.7 Å². The lowest BCUT2D eigenvalue weighted by molar-refractivity contribution is -0.0511. The van der Waals surface area contributed by atoms with Crippen molar-refractivity contribution >= 4 is 22.8 Å². The average Bonchev–Trinajstić information content (AvgIpc) is 3.20. The molecule has 7 nitrogen and oxygen atoms in total. The lowest BCUT2D eigenvalue weighted by Crippen LogP contribution is -2.26. The van der Waals surface area contributed by atoms with Crippen molar-refractivity contribution in [1.82, 2.24) is 29.7 Å². The van der Waals surface area contributed by atoms with Crippen LogP contribution in [-0.4, -0.2) is 35.8 Å². The van der Waals surface area contributed by atoms with Gasteiger partial charge < -0.3 is 4.74 Å². The van der Waals surface area contributed by atoms with E-state index in [1.54, 1.807) is 16.8 Å². The zero-order valence-electron chi connectivity index (χ0n) is 18.9. The van der Waals surface area contributed by atoms with Crippen molar-refractivity contribution in [3.05, 3.63) is 64.2 Å². The van der Waals surface area contributed by atoms with Gasteiger partial charge in [0.1, 0.15) is 22.9 Å². The van der Waals surface area contributed by atoms with E-state index in [0.717, 1.165) is 23.4 Å². The van der Waals surface area contributed by atoms with Gasteiger partial charge in [0.25, 0.3) is 0 Å². The Morgan fingerprint density at radius 3 is 2.61 bits per heavy atom. The number of benzene rings is 1. The van der Waals surface area contributed by atoms with Gasteiger partial charge in [-0.05, 0) is 51.8 Å². The molecule has 0 unspecified atom stereocenters. The molecule has 0 amide bonds. The van der Waals surface area contributed by atoms with Crippen LogP contribution < -0.4 is 0 Å². The maximum atomic E-state index is 14.9. The van der Waals surface area contributed by atoms with E-state index in [0.29, 0.717) is 39.7 Å². The van der Waals surface area contributed by atoms with E-state index >= 15 is 0 Å². The Balaban J connectivity index is 1.64. The van der Waals surface area contributed by atoms with Crippen molar-refractivity contribution < 1.29 is 9.13 Å². The summed E-state index contributed by atoms with van der Waals surface area (Å²) in [6, 6.07) is 4.57. The topological polar surface area (TPSA) is 78.6 Å². The molecule has 0 bridgehead atoms. The number of nitrogens with zero attached hydrogens (tertiary/aromatic N) is 6. The molecule has 4 aromatic rings. The summed E-state index contributed by atoms with van der Waals surface area (Å²) in [6.07, 6.45) is 5.13. The number of hydrogen-bond donors (Lipinski definition) is 0. The largest absolute Gasteiger partial charge is 0.370 e. The second-order valence-electron chi connectivity index (χ2n) is 8.67. The zero-order chi connectivity index (χ0) is 23.3. The van der Waals surface area contributed by atoms with Crippen molar-refractivity contribution in [3.63, 3.8) is 0 Å². The van der Waals surface area contributed by atoms with Crippen molar-refractivity contribution in [2.75, 3.05) is 0 Å². The molecule has 0 spiro atoms. The van der Waals surface area contributed by atoms with Crippen molar-refractivity contribution in [3.8, 4) is 11.3 Å². The van der Waals surface area contributed by atoms with Crippen LogP contribution in [0.5, 0.6) is 0 Å². The number of halogens is 2. The maximum Gasteiger partial charge on any atom is 0.182 e. The van der Waals surface area contributed by atoms with E-state index < -0.39 is 5.82 Å². The van der Waals surface area contributed by atoms with Gasteiger partial charge in [0.05, 0.1) is 29.8 Å². The highest BCUT2D eigenvalue weighted by atomic mass is 35.5. The Morgan fingerprint density at radius 2 is 1.88 bits per heavy atom. The molecule has 3 aromatic heterocycles. The third-order valence-electron chi connectivity index (χ3n) is 6.12. The number of fused-ring (bicyclic) bond motifs is 1. The van der Waals surface area contributed by atoms with Gasteiger partial charge in [-0.15, -0.1) is 0 Å². The lowest BCUT2D eigenvalue weighted by Gasteiger charge is -2.33. The Morgan fingerprint density at radius 1 is 1.09 bits per heavy atom. The standard InChI is InChI=1S/C24H24ClFN6O/c1-12-7-15(8-20(33-12)16-10-27-32(4)11-16)23-30-21(18-6-5-17(25)9-19(18)26)22-24(31-23)29-14(3)13(2)28-22/h5-6,9-12,15,20H,7-8H2,1-4H3/t12-,15+,20-/m0/s1. The van der Waals surface area contributed by atoms with E-state index in [1.807, 2.05) is 40.2 Å². The van der Waals surface area contributed by atoms with Crippen molar-refractivity contribution in [2.45, 2.75) is 51.7 Å². The molecular weight excluding hydrogens is 443 g/mol. The molecule has 0 aliphatic carbocycles. The highest BCUT2D eigenvalue weighted by Gasteiger charge is 2.32. The summed E-state index contributed by atoms with van der Waals surface area (Å²) < 4.78 is 22.9. The smallest absolute Gasteiger partial charge is 0.182 e. The fourth-order valence-corrected chi connectivity index (χ4v) is 4.52. The highest BCUT2D eigenvalue weighted by molar-refractivity contribution is 6.30. The first kappa shape index (κ1) is 21.9. The molecular formula is C24H24ClFN6O. The first-order chi connectivity index (χ1) is 15.8. The van der Waals surface area contributed by atoms with Crippen LogP contribution in [0.1, 0.15) is 54.6 Å². The van der Waals surface area contributed by atoms with Gasteiger partial charge >= 0.3 is 0 Å². The van der Waals surface area contributed by atoms with Crippen LogP contribution in [0.15, 0.2) is 30.6 Å². The molecule has 1 aromatic carbocycles. The summed E-state index contributed by atoms with van der Waals surface area (Å²) in [5.74, 6) is 0.177. The molecule has 33 heavy (non-hydrogen) atoms. The van der Waals surface area contributed by atoms with Gasteiger partial charge in [-0.3, -0.25) is 4.68 Å². The predicted octanol–water partition coefficient (Wildman–Crippen LogP) is 5.25. The Hall–Kier alpha value is -2.97. The van der Waals surface area contributed by atoms with Gasteiger partial charge in [-0.25, -0.2) is 24.3 Å². The quantitative estimate of drug-likeness (QED) is 0.410. The molecule has 1 aliphatic heterocycles. The Bertz CT molecular complexity index is 1360. The minimum atomic E-state index is -0.456. The number of rotatable bonds is 3. The summed E-state index contributed by atoms with van der Waals surface area (Å²) in [7, 11) is 1.88. The van der Waals surface area contributed by atoms with E-state index in [9.17, 15) is 4.39 Å². The predicted molar refractivity (Wildman–Crippen MR) is 123 cm³/mol. The first-order valence-electron chi connectivity index (χ1n) is 10.9. The summed E-state index contributed by atoms with van der Waals surface area (Å²) >= 11 is 5.99. The lowest BCUT2D eigenvalue weighted by atomic mass is 9.89. The van der Waals surface area contributed by atoms with Gasteiger partial charge in [-0.1, -0.05) is 11.6 Å². The maximum absolute atomic E-state index is 14.9. The molecule has 9 heteroatoms. The van der Waals surface area contributed by atoms with Gasteiger partial charge in [0, 0.05) is 35.3 Å². The summed E-state index contributed by atoms with van der Waals surface area (Å²) in [4.78, 5) is 19.0. The van der Waals surface area contributed by atoms with E-state index in [1.165, 1.54) is 6.07 Å². The summed E-state index contributed by atoms with van der Waals surface area (Å²) in [5.41, 5.74) is 4.25. The fraction of sp³-hybridized carbons (Fsp3) is 0.375. The van der Waals surface area contributed by atoms with Crippen molar-refractivity contribution in [2.24, 2.45) is 7.05 Å². The first-order valence-corrected chi connectivity index (χ1v) is 11.3. The molecule has 0 radical (unpaired) electrons. The molecule has 0 saturated carbocycles. The van der Waals surface area contributed by atoms with Crippen LogP contribution in [0.4, 0.5) is 4.39 Å². The summed E-state index contributed by atoms with van der Waals surface area (Å²) in [5, 5.41) is 4.60. The second-order valence-corrected chi connectivity index (χ2v) is 9.11. The second kappa shape index (κ2) is 8.43. The average molecular weight is 467 g/mol. The Labute approximate surface area is 196 Å². The molecule has 1 saturated heterocycles. The van der Waals surface area contributed by atoms with Crippen LogP contribution in [0.3, 0.4) is 0 Å². The minimum absolute atomic E-state index is 0.00908. The minimum Gasteiger partial charge on any atom is -0.370 e. The third-order valence-corrected chi connectivity index (χ3v) is 6.35. The Kier molecular flexibility index (Phi) is 5.58. The van der Waals surface area contributed by atoms with Crippen LogP contribution in [0.2, 0.25) is 5.02 Å². The number of ether oxygens (including phenoxy) is 1. The molecule has 4 heterocycles. The molecule has 1 aliphatic rings. The molecule has 5 rings (SSSR count). The summed E-state index contributed by atoms with van der Waals surface area (Å²) in [6.45, 7) is 5.81. The number of aryl methyl sites for hydroxylation is 3. The van der Waals surface area contributed by atoms with Gasteiger partial charge in [0.15, 0.2) is 5.65 Å². The number of hydrogen-bond acceptors (Lipinski definition) is 6. The SMILES string of the molecule is Cc1nc2nc([C@H]3C[C@@H](c4cnn(C)c4)O[C@@H](C)C3)nc(-c3ccc(Cl)cc3F)c2nc1C.